The van der Waals surface area contributed by atoms with Crippen molar-refractivity contribution in [2.24, 2.45) is 0 Å². The van der Waals surface area contributed by atoms with Gasteiger partial charge in [0.05, 0.1) is 13.2 Å². The SMILES string of the molecule is COC(=O)[C@H]1O[C@@H](n2cc(C)c(=O)[nH]c2=O)C[C@H]1O[Si](c1ccccc1)(c1ccccc1)C(C)(C)C. The molecule has 1 fully saturated rings. The molecule has 1 aliphatic rings. The van der Waals surface area contributed by atoms with E-state index in [2.05, 4.69) is 50.0 Å². The summed E-state index contributed by atoms with van der Waals surface area (Å²) in [6.07, 6.45) is -0.852. The highest BCUT2D eigenvalue weighted by molar-refractivity contribution is 6.99. The van der Waals surface area contributed by atoms with Crippen molar-refractivity contribution in [3.8, 4) is 0 Å². The molecule has 190 valence electrons. The van der Waals surface area contributed by atoms with Crippen molar-refractivity contribution in [2.45, 2.75) is 57.6 Å². The first-order valence-electron chi connectivity index (χ1n) is 11.9. The van der Waals surface area contributed by atoms with Crippen molar-refractivity contribution < 1.29 is 18.7 Å². The van der Waals surface area contributed by atoms with Gasteiger partial charge >= 0.3 is 11.7 Å². The van der Waals surface area contributed by atoms with Gasteiger partial charge < -0.3 is 13.9 Å². The number of rotatable bonds is 6. The summed E-state index contributed by atoms with van der Waals surface area (Å²) in [5.41, 5.74) is -0.701. The number of H-pyrrole nitrogens is 1. The number of aromatic amines is 1. The van der Waals surface area contributed by atoms with Gasteiger partial charge in [-0.3, -0.25) is 14.3 Å². The summed E-state index contributed by atoms with van der Waals surface area (Å²) in [7, 11) is -1.71. The Balaban J connectivity index is 1.84. The van der Waals surface area contributed by atoms with Crippen LogP contribution >= 0.6 is 0 Å². The van der Waals surface area contributed by atoms with Crippen LogP contribution in [0.5, 0.6) is 0 Å². The second-order valence-corrected chi connectivity index (χ2v) is 14.3. The van der Waals surface area contributed by atoms with E-state index in [9.17, 15) is 14.4 Å². The molecule has 1 aromatic heterocycles. The highest BCUT2D eigenvalue weighted by Crippen LogP contribution is 2.41. The number of carbonyl (C=O) groups excluding carboxylic acids is 1. The first kappa shape index (κ1) is 25.8. The second-order valence-electron chi connectivity index (χ2n) is 10.1. The third-order valence-electron chi connectivity index (χ3n) is 6.71. The minimum atomic E-state index is -3.01. The molecule has 36 heavy (non-hydrogen) atoms. The molecule has 0 saturated carbocycles. The molecule has 0 bridgehead atoms. The molecule has 3 aromatic rings. The van der Waals surface area contributed by atoms with Crippen LogP contribution in [0.1, 0.15) is 39.0 Å². The van der Waals surface area contributed by atoms with Gasteiger partial charge in [0.2, 0.25) is 0 Å². The fourth-order valence-corrected chi connectivity index (χ4v) is 9.65. The molecule has 0 spiro atoms. The number of aromatic nitrogens is 2. The number of hydrogen-bond acceptors (Lipinski definition) is 6. The molecule has 1 saturated heterocycles. The van der Waals surface area contributed by atoms with Crippen molar-refractivity contribution in [1.29, 1.82) is 0 Å². The lowest BCUT2D eigenvalue weighted by Gasteiger charge is -2.45. The Morgan fingerprint density at radius 1 is 1.03 bits per heavy atom. The Labute approximate surface area is 211 Å². The highest BCUT2D eigenvalue weighted by atomic mass is 28.4. The quantitative estimate of drug-likeness (QED) is 0.405. The molecule has 8 nitrogen and oxygen atoms in total. The molecule has 0 amide bonds. The van der Waals surface area contributed by atoms with Crippen molar-refractivity contribution in [1.82, 2.24) is 9.55 Å². The number of ether oxygens (including phenoxy) is 2. The summed E-state index contributed by atoms with van der Waals surface area (Å²) < 4.78 is 19.6. The number of benzene rings is 2. The zero-order valence-corrected chi connectivity index (χ0v) is 22.2. The summed E-state index contributed by atoms with van der Waals surface area (Å²) >= 11 is 0. The first-order valence-corrected chi connectivity index (χ1v) is 13.8. The molecular formula is C27H32N2O6Si. The van der Waals surface area contributed by atoms with Gasteiger partial charge in [-0.25, -0.2) is 9.59 Å². The fraction of sp³-hybridized carbons (Fsp3) is 0.370. The maximum atomic E-state index is 12.9. The summed E-state index contributed by atoms with van der Waals surface area (Å²) in [6.45, 7) is 8.05. The normalized spacial score (nSPS) is 20.3. The van der Waals surface area contributed by atoms with Crippen LogP contribution in [0.3, 0.4) is 0 Å². The number of aryl methyl sites for hydroxylation is 1. The summed E-state index contributed by atoms with van der Waals surface area (Å²) in [6, 6.07) is 20.2. The van der Waals surface area contributed by atoms with E-state index in [1.165, 1.54) is 17.9 Å². The van der Waals surface area contributed by atoms with Crippen LogP contribution in [0.25, 0.3) is 0 Å². The molecule has 0 unspecified atom stereocenters. The molecule has 3 atom stereocenters. The van der Waals surface area contributed by atoms with Gasteiger partial charge in [0, 0.05) is 18.2 Å². The first-order chi connectivity index (χ1) is 17.1. The Morgan fingerprint density at radius 2 is 1.58 bits per heavy atom. The lowest BCUT2D eigenvalue weighted by atomic mass is 10.2. The number of methoxy groups -OCH3 is 1. The van der Waals surface area contributed by atoms with Crippen molar-refractivity contribution in [2.75, 3.05) is 7.11 Å². The van der Waals surface area contributed by atoms with Crippen LogP contribution in [0.15, 0.2) is 76.4 Å². The molecule has 9 heteroatoms. The third-order valence-corrected chi connectivity index (χ3v) is 11.8. The van der Waals surface area contributed by atoms with E-state index in [-0.39, 0.29) is 11.5 Å². The van der Waals surface area contributed by atoms with E-state index >= 15 is 0 Å². The number of nitrogens with one attached hydrogen (secondary N) is 1. The maximum Gasteiger partial charge on any atom is 0.337 e. The lowest BCUT2D eigenvalue weighted by molar-refractivity contribution is -0.158. The zero-order valence-electron chi connectivity index (χ0n) is 21.2. The van der Waals surface area contributed by atoms with Crippen LogP contribution < -0.4 is 21.6 Å². The summed E-state index contributed by atoms with van der Waals surface area (Å²) in [5.74, 6) is -0.574. The van der Waals surface area contributed by atoms with Crippen LogP contribution in [-0.4, -0.2) is 43.2 Å². The molecule has 2 aromatic carbocycles. The topological polar surface area (TPSA) is 99.6 Å². The van der Waals surface area contributed by atoms with Crippen molar-refractivity contribution in [3.63, 3.8) is 0 Å². The average molecular weight is 509 g/mol. The van der Waals surface area contributed by atoms with Gasteiger partial charge in [0.1, 0.15) is 6.23 Å². The smallest absolute Gasteiger partial charge is 0.337 e. The number of nitrogens with zero attached hydrogens (tertiary/aromatic N) is 1. The monoisotopic (exact) mass is 508 g/mol. The van der Waals surface area contributed by atoms with E-state index in [0.29, 0.717) is 5.56 Å². The average Bonchev–Trinajstić information content (AvgIpc) is 3.28. The van der Waals surface area contributed by atoms with E-state index in [4.69, 9.17) is 13.9 Å². The Bertz CT molecular complexity index is 1290. The minimum absolute atomic E-state index is 0.232. The van der Waals surface area contributed by atoms with E-state index in [1.54, 1.807) is 6.92 Å². The van der Waals surface area contributed by atoms with Gasteiger partial charge in [-0.2, -0.15) is 0 Å². The van der Waals surface area contributed by atoms with E-state index in [1.807, 2.05) is 36.4 Å². The van der Waals surface area contributed by atoms with Gasteiger partial charge in [-0.15, -0.1) is 0 Å². The van der Waals surface area contributed by atoms with Gasteiger partial charge in [-0.05, 0) is 22.3 Å². The molecule has 4 rings (SSSR count). The summed E-state index contributed by atoms with van der Waals surface area (Å²) in [4.78, 5) is 39.7. The number of carbonyl (C=O) groups is 1. The number of hydrogen-bond donors (Lipinski definition) is 1. The van der Waals surface area contributed by atoms with Gasteiger partial charge in [-0.1, -0.05) is 81.4 Å². The van der Waals surface area contributed by atoms with Crippen LogP contribution in [0, 0.1) is 6.92 Å². The lowest BCUT2D eigenvalue weighted by Crippen LogP contribution is -2.68. The van der Waals surface area contributed by atoms with Crippen molar-refractivity contribution >= 4 is 24.7 Å². The highest BCUT2D eigenvalue weighted by Gasteiger charge is 2.55. The van der Waals surface area contributed by atoms with Gasteiger partial charge in [0.15, 0.2) is 6.10 Å². The van der Waals surface area contributed by atoms with Crippen molar-refractivity contribution in [3.05, 3.63) is 93.3 Å². The zero-order chi connectivity index (χ0) is 26.1. The maximum absolute atomic E-state index is 12.9. The molecule has 0 radical (unpaired) electrons. The van der Waals surface area contributed by atoms with E-state index in [0.717, 1.165) is 10.4 Å². The van der Waals surface area contributed by atoms with Crippen LogP contribution in [0.4, 0.5) is 0 Å². The number of esters is 1. The largest absolute Gasteiger partial charge is 0.467 e. The molecule has 1 N–H and O–H groups in total. The molecule has 0 aliphatic carbocycles. The fourth-order valence-electron chi connectivity index (χ4n) is 4.97. The Kier molecular flexibility index (Phi) is 7.17. The Morgan fingerprint density at radius 3 is 2.08 bits per heavy atom. The second kappa shape index (κ2) is 10.0. The molecular weight excluding hydrogens is 476 g/mol. The van der Waals surface area contributed by atoms with E-state index < -0.39 is 44.0 Å². The predicted octanol–water partition coefficient (Wildman–Crippen LogP) is 2.25. The summed E-state index contributed by atoms with van der Waals surface area (Å²) in [5, 5.41) is 1.81. The van der Waals surface area contributed by atoms with Gasteiger partial charge in [0.25, 0.3) is 13.9 Å². The van der Waals surface area contributed by atoms with Crippen LogP contribution in [-0.2, 0) is 18.7 Å². The Hall–Kier alpha value is -3.27. The molecule has 2 heterocycles. The minimum Gasteiger partial charge on any atom is -0.467 e. The van der Waals surface area contributed by atoms with Crippen LogP contribution in [0.2, 0.25) is 5.04 Å². The predicted molar refractivity (Wildman–Crippen MR) is 139 cm³/mol. The molecule has 1 aliphatic heterocycles. The standard InChI is InChI=1S/C27H32N2O6Si/c1-18-17-29(26(32)28-24(18)30)22-16-21(23(34-22)25(31)33-5)35-36(27(2,3)4,19-12-8-6-9-13-19)20-14-10-7-11-15-20/h6-15,17,21-23H,16H2,1-5H3,(H,28,30,32)/t21-,22-,23+/m1/s1. The third kappa shape index (κ3) is 4.61.